The maximum absolute atomic E-state index is 12.5. The first-order valence-corrected chi connectivity index (χ1v) is 10.1. The molecule has 0 atom stereocenters. The molecule has 0 spiro atoms. The molecule has 0 aliphatic rings. The number of nitrogens with one attached hydrogen (secondary N) is 1. The van der Waals surface area contributed by atoms with Gasteiger partial charge in [0.05, 0.1) is 11.6 Å². The van der Waals surface area contributed by atoms with Crippen molar-refractivity contribution >= 4 is 58.1 Å². The fourth-order valence-electron chi connectivity index (χ4n) is 2.74. The predicted octanol–water partition coefficient (Wildman–Crippen LogP) is 6.45. The van der Waals surface area contributed by atoms with Gasteiger partial charge in [0.2, 0.25) is 0 Å². The Morgan fingerprint density at radius 1 is 1.00 bits per heavy atom. The molecule has 1 N–H and O–H groups in total. The molecule has 30 heavy (non-hydrogen) atoms. The Hall–Kier alpha value is -2.51. The highest BCUT2D eigenvalue weighted by Crippen LogP contribution is 2.31. The van der Waals surface area contributed by atoms with Crippen LogP contribution in [0, 0.1) is 0 Å². The molecule has 0 radical (unpaired) electrons. The van der Waals surface area contributed by atoms with Crippen molar-refractivity contribution in [2.75, 3.05) is 5.32 Å². The minimum atomic E-state index is -0.476. The SMILES string of the molecule is O=C(Nc1ccn(Cc2c(Cl)cccc2Cl)n1)c1cc(-c2ccc(Cl)cc2Cl)on1. The van der Waals surface area contributed by atoms with E-state index in [1.807, 2.05) is 0 Å². The molecular weight excluding hydrogens is 470 g/mol. The van der Waals surface area contributed by atoms with Crippen molar-refractivity contribution in [1.82, 2.24) is 14.9 Å². The van der Waals surface area contributed by atoms with Crippen molar-refractivity contribution in [3.05, 3.63) is 86.1 Å². The summed E-state index contributed by atoms with van der Waals surface area (Å²) in [6.07, 6.45) is 1.71. The molecule has 0 fully saturated rings. The summed E-state index contributed by atoms with van der Waals surface area (Å²) in [5.74, 6) is 0.217. The van der Waals surface area contributed by atoms with Crippen LogP contribution in [-0.4, -0.2) is 20.8 Å². The summed E-state index contributed by atoms with van der Waals surface area (Å²) in [5.41, 5.74) is 1.40. The van der Waals surface area contributed by atoms with E-state index in [9.17, 15) is 4.79 Å². The highest BCUT2D eigenvalue weighted by atomic mass is 35.5. The summed E-state index contributed by atoms with van der Waals surface area (Å²) in [7, 11) is 0. The number of carbonyl (C=O) groups is 1. The zero-order chi connectivity index (χ0) is 21.3. The standard InChI is InChI=1S/C20H12Cl4N4O2/c21-11-4-5-12(16(24)8-11)18-9-17(27-30-18)20(29)25-19-6-7-28(26-19)10-13-14(22)2-1-3-15(13)23/h1-9H,10H2,(H,25,26,29). The van der Waals surface area contributed by atoms with E-state index in [1.54, 1.807) is 53.3 Å². The van der Waals surface area contributed by atoms with Gasteiger partial charge >= 0.3 is 0 Å². The van der Waals surface area contributed by atoms with E-state index in [2.05, 4.69) is 15.6 Å². The van der Waals surface area contributed by atoms with Crippen molar-refractivity contribution < 1.29 is 9.32 Å². The number of hydrogen-bond donors (Lipinski definition) is 1. The number of carbonyl (C=O) groups excluding carboxylic acids is 1. The molecular formula is C20H12Cl4N4O2. The molecule has 4 aromatic rings. The van der Waals surface area contributed by atoms with Crippen LogP contribution in [0.25, 0.3) is 11.3 Å². The smallest absolute Gasteiger partial charge is 0.279 e. The van der Waals surface area contributed by atoms with Gasteiger partial charge in [0.1, 0.15) is 0 Å². The third kappa shape index (κ3) is 4.47. The van der Waals surface area contributed by atoms with Crippen molar-refractivity contribution in [3.8, 4) is 11.3 Å². The van der Waals surface area contributed by atoms with E-state index in [1.165, 1.54) is 6.07 Å². The summed E-state index contributed by atoms with van der Waals surface area (Å²) < 4.78 is 6.86. The zero-order valence-electron chi connectivity index (χ0n) is 15.1. The molecule has 152 valence electrons. The summed E-state index contributed by atoms with van der Waals surface area (Å²) in [5, 5.41) is 12.8. The first-order chi connectivity index (χ1) is 14.4. The van der Waals surface area contributed by atoms with Gasteiger partial charge in [-0.1, -0.05) is 57.6 Å². The van der Waals surface area contributed by atoms with Crippen LogP contribution in [0.4, 0.5) is 5.82 Å². The Morgan fingerprint density at radius 2 is 1.77 bits per heavy atom. The van der Waals surface area contributed by atoms with E-state index in [-0.39, 0.29) is 5.69 Å². The zero-order valence-corrected chi connectivity index (χ0v) is 18.1. The second-order valence-electron chi connectivity index (χ2n) is 6.25. The van der Waals surface area contributed by atoms with Crippen LogP contribution in [0.3, 0.4) is 0 Å². The average molecular weight is 482 g/mol. The number of hydrogen-bond acceptors (Lipinski definition) is 4. The van der Waals surface area contributed by atoms with Crippen LogP contribution in [0.15, 0.2) is 59.3 Å². The van der Waals surface area contributed by atoms with Crippen LogP contribution in [0.2, 0.25) is 20.1 Å². The van der Waals surface area contributed by atoms with E-state index < -0.39 is 5.91 Å². The van der Waals surface area contributed by atoms with Gasteiger partial charge in [-0.3, -0.25) is 9.48 Å². The number of benzene rings is 2. The predicted molar refractivity (Wildman–Crippen MR) is 118 cm³/mol. The summed E-state index contributed by atoms with van der Waals surface area (Å²) >= 11 is 24.5. The second kappa shape index (κ2) is 8.70. The maximum Gasteiger partial charge on any atom is 0.279 e. The number of nitrogens with zero attached hydrogens (tertiary/aromatic N) is 3. The Morgan fingerprint density at radius 3 is 2.50 bits per heavy atom. The fourth-order valence-corrected chi connectivity index (χ4v) is 3.76. The first kappa shape index (κ1) is 20.8. The quantitative estimate of drug-likeness (QED) is 0.355. The fraction of sp³-hybridized carbons (Fsp3) is 0.0500. The van der Waals surface area contributed by atoms with Gasteiger partial charge in [-0.15, -0.1) is 0 Å². The highest BCUT2D eigenvalue weighted by Gasteiger charge is 2.17. The summed E-state index contributed by atoms with van der Waals surface area (Å²) in [6, 6.07) is 13.4. The lowest BCUT2D eigenvalue weighted by atomic mass is 10.1. The molecule has 0 saturated carbocycles. The Labute approximate surface area is 191 Å². The maximum atomic E-state index is 12.5. The molecule has 0 aliphatic heterocycles. The molecule has 2 aromatic heterocycles. The Kier molecular flexibility index (Phi) is 6.01. The van der Waals surface area contributed by atoms with Crippen LogP contribution in [0.5, 0.6) is 0 Å². The summed E-state index contributed by atoms with van der Waals surface area (Å²) in [4.78, 5) is 12.5. The molecule has 0 aliphatic carbocycles. The lowest BCUT2D eigenvalue weighted by Gasteiger charge is -2.06. The first-order valence-electron chi connectivity index (χ1n) is 8.60. The van der Waals surface area contributed by atoms with E-state index >= 15 is 0 Å². The largest absolute Gasteiger partial charge is 0.355 e. The molecule has 6 nitrogen and oxygen atoms in total. The van der Waals surface area contributed by atoms with Crippen LogP contribution in [0.1, 0.15) is 16.1 Å². The highest BCUT2D eigenvalue weighted by molar-refractivity contribution is 6.36. The van der Waals surface area contributed by atoms with Crippen LogP contribution < -0.4 is 5.32 Å². The van der Waals surface area contributed by atoms with Crippen LogP contribution >= 0.6 is 46.4 Å². The van der Waals surface area contributed by atoms with Crippen molar-refractivity contribution in [3.63, 3.8) is 0 Å². The third-order valence-corrected chi connectivity index (χ3v) is 5.46. The van der Waals surface area contributed by atoms with Gasteiger partial charge in [0, 0.05) is 44.5 Å². The molecule has 2 heterocycles. The Balaban J connectivity index is 1.47. The van der Waals surface area contributed by atoms with Gasteiger partial charge < -0.3 is 9.84 Å². The van der Waals surface area contributed by atoms with E-state index in [4.69, 9.17) is 50.9 Å². The lowest BCUT2D eigenvalue weighted by molar-refractivity contribution is 0.101. The number of anilines is 1. The normalized spacial score (nSPS) is 10.9. The molecule has 1 amide bonds. The van der Waals surface area contributed by atoms with Crippen molar-refractivity contribution in [2.45, 2.75) is 6.54 Å². The van der Waals surface area contributed by atoms with E-state index in [0.717, 1.165) is 5.56 Å². The topological polar surface area (TPSA) is 73.0 Å². The second-order valence-corrected chi connectivity index (χ2v) is 7.91. The minimum absolute atomic E-state index is 0.0831. The van der Waals surface area contributed by atoms with Crippen molar-refractivity contribution in [1.29, 1.82) is 0 Å². The van der Waals surface area contributed by atoms with Gasteiger partial charge in [-0.25, -0.2) is 0 Å². The van der Waals surface area contributed by atoms with Crippen LogP contribution in [-0.2, 0) is 6.54 Å². The van der Waals surface area contributed by atoms with E-state index in [0.29, 0.717) is 43.8 Å². The third-order valence-electron chi connectivity index (χ3n) is 4.20. The van der Waals surface area contributed by atoms with Crippen molar-refractivity contribution in [2.24, 2.45) is 0 Å². The minimum Gasteiger partial charge on any atom is -0.355 e. The van der Waals surface area contributed by atoms with Gasteiger partial charge in [0.25, 0.3) is 5.91 Å². The monoisotopic (exact) mass is 480 g/mol. The number of amides is 1. The molecule has 2 aromatic carbocycles. The molecule has 0 bridgehead atoms. The number of halogens is 4. The average Bonchev–Trinajstić information content (AvgIpc) is 3.35. The number of aromatic nitrogens is 3. The van der Waals surface area contributed by atoms with Gasteiger partial charge in [-0.2, -0.15) is 5.10 Å². The molecule has 4 rings (SSSR count). The van der Waals surface area contributed by atoms with Gasteiger partial charge in [-0.05, 0) is 30.3 Å². The van der Waals surface area contributed by atoms with Gasteiger partial charge in [0.15, 0.2) is 17.3 Å². The molecule has 0 unspecified atom stereocenters. The lowest BCUT2D eigenvalue weighted by Crippen LogP contribution is -2.13. The summed E-state index contributed by atoms with van der Waals surface area (Å²) in [6.45, 7) is 0.359. The molecule has 10 heteroatoms. The molecule has 0 saturated heterocycles. The Bertz CT molecular complexity index is 1220. The number of rotatable bonds is 5.